The van der Waals surface area contributed by atoms with E-state index >= 15 is 0 Å². The second-order valence-electron chi connectivity index (χ2n) is 7.12. The maximum Gasteiger partial charge on any atom is 0.243 e. The molecule has 0 bridgehead atoms. The summed E-state index contributed by atoms with van der Waals surface area (Å²) in [5.74, 6) is 0. The first-order valence-electron chi connectivity index (χ1n) is 8.16. The van der Waals surface area contributed by atoms with E-state index in [1.807, 2.05) is 26.0 Å². The summed E-state index contributed by atoms with van der Waals surface area (Å²) in [6.45, 7) is 5.07. The number of ether oxygens (including phenoxy) is 1. The van der Waals surface area contributed by atoms with Gasteiger partial charge in [-0.25, -0.2) is 8.42 Å². The third-order valence-corrected chi connectivity index (χ3v) is 7.16. The van der Waals surface area contributed by atoms with E-state index in [0.29, 0.717) is 50.3 Å². The van der Waals surface area contributed by atoms with Gasteiger partial charge in [0.15, 0.2) is 0 Å². The van der Waals surface area contributed by atoms with Crippen LogP contribution in [0.25, 0.3) is 0 Å². The van der Waals surface area contributed by atoms with Gasteiger partial charge < -0.3 is 9.84 Å². The van der Waals surface area contributed by atoms with Crippen molar-refractivity contribution in [1.82, 2.24) is 4.31 Å². The van der Waals surface area contributed by atoms with E-state index in [9.17, 15) is 13.5 Å². The van der Waals surface area contributed by atoms with E-state index in [-0.39, 0.29) is 5.60 Å². The molecule has 1 aromatic carbocycles. The van der Waals surface area contributed by atoms with Crippen molar-refractivity contribution in [3.63, 3.8) is 0 Å². The highest BCUT2D eigenvalue weighted by Crippen LogP contribution is 2.40. The molecule has 5 nitrogen and oxygen atoms in total. The monoisotopic (exact) mass is 339 g/mol. The Morgan fingerprint density at radius 2 is 1.83 bits per heavy atom. The maximum absolute atomic E-state index is 12.8. The quantitative estimate of drug-likeness (QED) is 0.896. The smallest absolute Gasteiger partial charge is 0.243 e. The largest absolute Gasteiger partial charge is 0.390 e. The summed E-state index contributed by atoms with van der Waals surface area (Å²) < 4.78 is 33.2. The van der Waals surface area contributed by atoms with Crippen molar-refractivity contribution in [2.24, 2.45) is 0 Å². The van der Waals surface area contributed by atoms with Gasteiger partial charge in [0.1, 0.15) is 0 Å². The van der Waals surface area contributed by atoms with E-state index in [0.717, 1.165) is 5.56 Å². The first kappa shape index (κ1) is 16.9. The molecule has 1 atom stereocenters. The van der Waals surface area contributed by atoms with E-state index in [1.165, 1.54) is 0 Å². The van der Waals surface area contributed by atoms with Crippen molar-refractivity contribution in [2.45, 2.75) is 55.6 Å². The van der Waals surface area contributed by atoms with Gasteiger partial charge >= 0.3 is 0 Å². The third-order valence-electron chi connectivity index (χ3n) is 5.10. The highest BCUT2D eigenvalue weighted by atomic mass is 32.2. The van der Waals surface area contributed by atoms with Crippen LogP contribution in [0.4, 0.5) is 0 Å². The molecule has 1 spiro atoms. The van der Waals surface area contributed by atoms with Crippen molar-refractivity contribution in [3.8, 4) is 0 Å². The Bertz CT molecular complexity index is 676. The Hall–Kier alpha value is -0.950. The molecular formula is C17H25NO4S. The van der Waals surface area contributed by atoms with Gasteiger partial charge in [0.05, 0.1) is 22.7 Å². The molecule has 2 fully saturated rings. The molecule has 2 saturated heterocycles. The number of sulfonamides is 1. The summed E-state index contributed by atoms with van der Waals surface area (Å²) in [7, 11) is -3.46. The van der Waals surface area contributed by atoms with Crippen molar-refractivity contribution in [2.75, 3.05) is 19.7 Å². The molecule has 1 N–H and O–H groups in total. The molecule has 23 heavy (non-hydrogen) atoms. The molecule has 1 unspecified atom stereocenters. The molecule has 0 radical (unpaired) electrons. The van der Waals surface area contributed by atoms with Gasteiger partial charge in [-0.3, -0.25) is 0 Å². The van der Waals surface area contributed by atoms with Gasteiger partial charge in [0.2, 0.25) is 10.0 Å². The summed E-state index contributed by atoms with van der Waals surface area (Å²) >= 11 is 0. The number of aliphatic hydroxyl groups is 1. The minimum Gasteiger partial charge on any atom is -0.390 e. The lowest BCUT2D eigenvalue weighted by molar-refractivity contribution is -0.168. The Kier molecular flexibility index (Phi) is 4.29. The van der Waals surface area contributed by atoms with Crippen LogP contribution < -0.4 is 0 Å². The van der Waals surface area contributed by atoms with Crippen LogP contribution >= 0.6 is 0 Å². The molecule has 1 aromatic rings. The average molecular weight is 339 g/mol. The first-order chi connectivity index (χ1) is 10.7. The average Bonchev–Trinajstić information content (AvgIpc) is 2.46. The molecule has 2 aliphatic heterocycles. The molecule has 0 aromatic heterocycles. The van der Waals surface area contributed by atoms with Gasteiger partial charge in [-0.1, -0.05) is 18.2 Å². The number of hydrogen-bond donors (Lipinski definition) is 1. The number of rotatable bonds is 2. The van der Waals surface area contributed by atoms with Gasteiger partial charge in [0.25, 0.3) is 0 Å². The molecule has 2 heterocycles. The van der Waals surface area contributed by atoms with Crippen molar-refractivity contribution in [3.05, 3.63) is 29.8 Å². The number of hydrogen-bond acceptors (Lipinski definition) is 4. The highest BCUT2D eigenvalue weighted by molar-refractivity contribution is 7.89. The zero-order chi connectivity index (χ0) is 16.7. The fourth-order valence-electron chi connectivity index (χ4n) is 3.76. The van der Waals surface area contributed by atoms with Gasteiger partial charge in [-0.15, -0.1) is 0 Å². The number of nitrogens with zero attached hydrogens (tertiary/aromatic N) is 1. The van der Waals surface area contributed by atoms with Crippen LogP contribution in [0, 0.1) is 6.92 Å². The van der Waals surface area contributed by atoms with E-state index in [2.05, 4.69) is 0 Å². The standard InChI is InChI=1S/C17H25NO4S/c1-14-5-3-4-6-15(14)23(20,21)18-10-7-17(8-11-18)13-16(2,19)9-12-22-17/h3-6,19H,7-13H2,1-2H3. The summed E-state index contributed by atoms with van der Waals surface area (Å²) in [4.78, 5) is 0.382. The van der Waals surface area contributed by atoms with Gasteiger partial charge in [0, 0.05) is 19.5 Å². The summed E-state index contributed by atoms with van der Waals surface area (Å²) in [6, 6.07) is 7.08. The van der Waals surface area contributed by atoms with Crippen LogP contribution in [0.15, 0.2) is 29.2 Å². The highest BCUT2D eigenvalue weighted by Gasteiger charge is 2.46. The number of aryl methyl sites for hydroxylation is 1. The molecule has 128 valence electrons. The fraction of sp³-hybridized carbons (Fsp3) is 0.647. The molecule has 0 aliphatic carbocycles. The first-order valence-corrected chi connectivity index (χ1v) is 9.60. The van der Waals surface area contributed by atoms with E-state index < -0.39 is 15.6 Å². The minimum atomic E-state index is -3.46. The zero-order valence-electron chi connectivity index (χ0n) is 13.8. The molecule has 0 saturated carbocycles. The Balaban J connectivity index is 1.75. The molecule has 2 aliphatic rings. The van der Waals surface area contributed by atoms with Crippen LogP contribution in [0.2, 0.25) is 0 Å². The molecular weight excluding hydrogens is 314 g/mol. The normalized spacial score (nSPS) is 28.8. The van der Waals surface area contributed by atoms with Crippen LogP contribution in [-0.2, 0) is 14.8 Å². The Morgan fingerprint density at radius 3 is 2.43 bits per heavy atom. The van der Waals surface area contributed by atoms with E-state index in [4.69, 9.17) is 4.74 Å². The van der Waals surface area contributed by atoms with Crippen molar-refractivity contribution < 1.29 is 18.3 Å². The SMILES string of the molecule is Cc1ccccc1S(=O)(=O)N1CCC2(CC1)CC(C)(O)CCO2. The van der Waals surface area contributed by atoms with Crippen LogP contribution in [0.5, 0.6) is 0 Å². The minimum absolute atomic E-state index is 0.375. The molecule has 0 amide bonds. The lowest BCUT2D eigenvalue weighted by Crippen LogP contribution is -2.54. The topological polar surface area (TPSA) is 66.8 Å². The zero-order valence-corrected chi connectivity index (χ0v) is 14.6. The summed E-state index contributed by atoms with van der Waals surface area (Å²) in [5, 5.41) is 10.3. The second kappa shape index (κ2) is 5.84. The third kappa shape index (κ3) is 3.31. The van der Waals surface area contributed by atoms with Crippen LogP contribution in [-0.4, -0.2) is 48.7 Å². The number of benzene rings is 1. The Labute approximate surface area is 138 Å². The fourth-order valence-corrected chi connectivity index (χ4v) is 5.43. The molecule has 6 heteroatoms. The van der Waals surface area contributed by atoms with Crippen LogP contribution in [0.1, 0.15) is 38.2 Å². The second-order valence-corrected chi connectivity index (χ2v) is 9.03. The lowest BCUT2D eigenvalue weighted by Gasteiger charge is -2.47. The summed E-state index contributed by atoms with van der Waals surface area (Å²) in [5.41, 5.74) is -0.320. The van der Waals surface area contributed by atoms with Crippen LogP contribution in [0.3, 0.4) is 0 Å². The van der Waals surface area contributed by atoms with Crippen molar-refractivity contribution in [1.29, 1.82) is 0 Å². The summed E-state index contributed by atoms with van der Waals surface area (Å²) in [6.07, 6.45) is 2.49. The molecule has 3 rings (SSSR count). The van der Waals surface area contributed by atoms with E-state index in [1.54, 1.807) is 16.4 Å². The van der Waals surface area contributed by atoms with Gasteiger partial charge in [-0.2, -0.15) is 4.31 Å². The van der Waals surface area contributed by atoms with Crippen molar-refractivity contribution >= 4 is 10.0 Å². The predicted octanol–water partition coefficient (Wildman–Crippen LogP) is 2.08. The predicted molar refractivity (Wildman–Crippen MR) is 87.7 cm³/mol. The van der Waals surface area contributed by atoms with Gasteiger partial charge in [-0.05, 0) is 44.7 Å². The maximum atomic E-state index is 12.8. The lowest BCUT2D eigenvalue weighted by atomic mass is 9.78. The number of piperidine rings is 1. The Morgan fingerprint density at radius 1 is 1.17 bits per heavy atom.